The molecular formula is C43H44F2N4O6. The molecule has 0 spiro atoms. The normalized spacial score (nSPS) is 12.6. The van der Waals surface area contributed by atoms with Crippen LogP contribution in [-0.4, -0.2) is 45.8 Å². The number of hydrogen-bond donors (Lipinski definition) is 4. The summed E-state index contributed by atoms with van der Waals surface area (Å²) >= 11 is 0. The maximum Gasteiger partial charge on any atom is 0.412 e. The Labute approximate surface area is 318 Å². The molecule has 4 aromatic carbocycles. The van der Waals surface area contributed by atoms with Gasteiger partial charge in [-0.1, -0.05) is 97.1 Å². The van der Waals surface area contributed by atoms with Gasteiger partial charge in [0.2, 0.25) is 11.8 Å². The summed E-state index contributed by atoms with van der Waals surface area (Å²) in [5, 5.41) is 18.8. The van der Waals surface area contributed by atoms with Crippen molar-refractivity contribution in [2.24, 2.45) is 0 Å². The van der Waals surface area contributed by atoms with Crippen molar-refractivity contribution in [3.63, 3.8) is 0 Å². The summed E-state index contributed by atoms with van der Waals surface area (Å²) in [5.74, 6) is -3.33. The first-order valence-corrected chi connectivity index (χ1v) is 17.8. The van der Waals surface area contributed by atoms with E-state index in [1.807, 2.05) is 91.0 Å². The van der Waals surface area contributed by atoms with Gasteiger partial charge in [-0.25, -0.2) is 13.6 Å². The number of anilines is 1. The van der Waals surface area contributed by atoms with E-state index in [0.29, 0.717) is 0 Å². The standard InChI is InChI=1S/C43H44F2N4O6/c1-42(2,3)55-41(54)47-36-20-13-25-49(40(36)53)37(27-29-21-23-34(44)35(45)26-29)39(52)46-33(28-50)22-24-38(51)48-43(30-14-7-4-8-15-30,31-16-9-5-10-17-31)32-18-11-6-12-19-32/h4-21,23,25-26,33,37,50H,22,24,27-28H2,1-3H3,(H,46,52)(H,47,54)(H,48,51)/t33-,37-/m0/s1. The van der Waals surface area contributed by atoms with Gasteiger partial charge in [0.1, 0.15) is 22.9 Å². The second-order valence-electron chi connectivity index (χ2n) is 14.1. The lowest BCUT2D eigenvalue weighted by Gasteiger charge is -2.37. The van der Waals surface area contributed by atoms with Crippen molar-refractivity contribution in [3.05, 3.63) is 172 Å². The predicted molar refractivity (Wildman–Crippen MR) is 205 cm³/mol. The van der Waals surface area contributed by atoms with E-state index in [4.69, 9.17) is 4.74 Å². The number of carbonyl (C=O) groups is 3. The Morgan fingerprint density at radius 2 is 1.35 bits per heavy atom. The van der Waals surface area contributed by atoms with Crippen LogP contribution < -0.4 is 21.5 Å². The van der Waals surface area contributed by atoms with Crippen LogP contribution >= 0.6 is 0 Å². The number of aliphatic hydroxyl groups is 1. The average Bonchev–Trinajstić information content (AvgIpc) is 3.17. The summed E-state index contributed by atoms with van der Waals surface area (Å²) in [6.07, 6.45) is 0.0760. The Bertz CT molecular complexity index is 2040. The number of halogens is 2. The van der Waals surface area contributed by atoms with Crippen LogP contribution in [0.4, 0.5) is 19.3 Å². The van der Waals surface area contributed by atoms with Gasteiger partial charge in [0.15, 0.2) is 11.6 Å². The Kier molecular flexibility index (Phi) is 13.0. The van der Waals surface area contributed by atoms with Crippen LogP contribution in [0.3, 0.4) is 0 Å². The number of rotatable bonds is 14. The summed E-state index contributed by atoms with van der Waals surface area (Å²) in [5.41, 5.74) is -0.215. The first kappa shape index (κ1) is 40.1. The zero-order valence-electron chi connectivity index (χ0n) is 30.8. The number of pyridine rings is 1. The minimum absolute atomic E-state index is 0.00948. The van der Waals surface area contributed by atoms with Crippen molar-refractivity contribution in [2.45, 2.75) is 63.3 Å². The van der Waals surface area contributed by atoms with Gasteiger partial charge >= 0.3 is 6.09 Å². The summed E-state index contributed by atoms with van der Waals surface area (Å²) in [6.45, 7) is 4.43. The largest absolute Gasteiger partial charge is 0.444 e. The zero-order chi connectivity index (χ0) is 39.6. The van der Waals surface area contributed by atoms with Crippen LogP contribution in [0.25, 0.3) is 0 Å². The molecule has 4 N–H and O–H groups in total. The third-order valence-corrected chi connectivity index (χ3v) is 8.90. The molecule has 2 atom stereocenters. The number of nitrogens with zero attached hydrogens (tertiary/aromatic N) is 1. The molecule has 286 valence electrons. The molecule has 5 rings (SSSR count). The van der Waals surface area contributed by atoms with Gasteiger partial charge in [-0.05, 0) is 73.7 Å². The number of aliphatic hydroxyl groups excluding tert-OH is 1. The minimum atomic E-state index is -1.34. The highest BCUT2D eigenvalue weighted by molar-refractivity contribution is 5.85. The van der Waals surface area contributed by atoms with E-state index < -0.39 is 59.0 Å². The third kappa shape index (κ3) is 10.1. The van der Waals surface area contributed by atoms with Gasteiger partial charge in [0.05, 0.1) is 12.6 Å². The SMILES string of the molecule is CC(C)(C)OC(=O)Nc1cccn([C@@H](Cc2ccc(F)c(F)c2)C(=O)N[C@H](CO)CCC(=O)NC(c2ccccc2)(c2ccccc2)c2ccccc2)c1=O. The number of benzene rings is 4. The third-order valence-electron chi connectivity index (χ3n) is 8.90. The Balaban J connectivity index is 1.40. The van der Waals surface area contributed by atoms with Gasteiger partial charge in [0, 0.05) is 19.0 Å². The molecule has 0 saturated carbocycles. The highest BCUT2D eigenvalue weighted by Gasteiger charge is 2.38. The lowest BCUT2D eigenvalue weighted by molar-refractivity contribution is -0.126. The molecule has 0 unspecified atom stereocenters. The average molecular weight is 751 g/mol. The molecule has 0 bridgehead atoms. The number of nitrogens with one attached hydrogen (secondary N) is 3. The summed E-state index contributed by atoms with van der Waals surface area (Å²) in [4.78, 5) is 54.1. The van der Waals surface area contributed by atoms with E-state index in [0.717, 1.165) is 33.4 Å². The van der Waals surface area contributed by atoms with Crippen LogP contribution in [0.1, 0.15) is 61.9 Å². The van der Waals surface area contributed by atoms with Crippen LogP contribution in [0, 0.1) is 11.6 Å². The highest BCUT2D eigenvalue weighted by atomic mass is 19.2. The Morgan fingerprint density at radius 3 is 1.85 bits per heavy atom. The first-order valence-electron chi connectivity index (χ1n) is 17.8. The van der Waals surface area contributed by atoms with Crippen molar-refractivity contribution in [2.75, 3.05) is 11.9 Å². The molecule has 10 nitrogen and oxygen atoms in total. The fraction of sp³-hybridized carbons (Fsp3) is 0.256. The molecule has 0 aliphatic heterocycles. The topological polar surface area (TPSA) is 139 Å². The van der Waals surface area contributed by atoms with Crippen LogP contribution in [-0.2, 0) is 26.3 Å². The van der Waals surface area contributed by atoms with Gasteiger partial charge in [0.25, 0.3) is 5.56 Å². The van der Waals surface area contributed by atoms with Crippen LogP contribution in [0.2, 0.25) is 0 Å². The summed E-state index contributed by atoms with van der Waals surface area (Å²) in [6, 6.07) is 32.3. The summed E-state index contributed by atoms with van der Waals surface area (Å²) < 4.78 is 34.4. The van der Waals surface area contributed by atoms with Crippen molar-refractivity contribution >= 4 is 23.6 Å². The van der Waals surface area contributed by atoms with Gasteiger partial charge < -0.3 is 25.0 Å². The monoisotopic (exact) mass is 750 g/mol. The van der Waals surface area contributed by atoms with Gasteiger partial charge in [-0.15, -0.1) is 0 Å². The molecule has 0 fully saturated rings. The van der Waals surface area contributed by atoms with Gasteiger partial charge in [-0.2, -0.15) is 0 Å². The maximum atomic E-state index is 14.3. The second-order valence-corrected chi connectivity index (χ2v) is 14.1. The number of amides is 3. The molecule has 0 aliphatic rings. The van der Waals surface area contributed by atoms with E-state index in [1.54, 1.807) is 20.8 Å². The highest BCUT2D eigenvalue weighted by Crippen LogP contribution is 2.37. The zero-order valence-corrected chi connectivity index (χ0v) is 30.8. The fourth-order valence-electron chi connectivity index (χ4n) is 6.34. The van der Waals surface area contributed by atoms with Crippen molar-refractivity contribution in [3.8, 4) is 0 Å². The summed E-state index contributed by atoms with van der Waals surface area (Å²) in [7, 11) is 0. The molecule has 1 aromatic heterocycles. The molecule has 5 aromatic rings. The molecule has 0 saturated heterocycles. The van der Waals surface area contributed by atoms with E-state index >= 15 is 0 Å². The molecule has 1 heterocycles. The van der Waals surface area contributed by atoms with Crippen LogP contribution in [0.5, 0.6) is 0 Å². The minimum Gasteiger partial charge on any atom is -0.444 e. The quantitative estimate of drug-likeness (QED) is 0.0942. The lowest BCUT2D eigenvalue weighted by atomic mass is 9.77. The molecule has 0 aliphatic carbocycles. The Morgan fingerprint density at radius 1 is 0.782 bits per heavy atom. The van der Waals surface area contributed by atoms with Crippen molar-refractivity contribution in [1.29, 1.82) is 0 Å². The smallest absolute Gasteiger partial charge is 0.412 e. The van der Waals surface area contributed by atoms with Crippen LogP contribution in [0.15, 0.2) is 132 Å². The van der Waals surface area contributed by atoms with Crippen molar-refractivity contribution in [1.82, 2.24) is 15.2 Å². The molecule has 55 heavy (non-hydrogen) atoms. The maximum absolute atomic E-state index is 14.3. The van der Waals surface area contributed by atoms with Gasteiger partial charge in [-0.3, -0.25) is 19.7 Å². The van der Waals surface area contributed by atoms with E-state index in [1.165, 1.54) is 24.4 Å². The lowest BCUT2D eigenvalue weighted by Crippen LogP contribution is -2.48. The number of ether oxygens (including phenoxy) is 1. The first-order chi connectivity index (χ1) is 26.3. The fourth-order valence-corrected chi connectivity index (χ4v) is 6.34. The van der Waals surface area contributed by atoms with E-state index in [9.17, 15) is 33.1 Å². The Hall–Kier alpha value is -6.14. The molecular weight excluding hydrogens is 706 g/mol. The van der Waals surface area contributed by atoms with E-state index in [2.05, 4.69) is 16.0 Å². The number of hydrogen-bond acceptors (Lipinski definition) is 6. The predicted octanol–water partition coefficient (Wildman–Crippen LogP) is 6.62. The molecule has 12 heteroatoms. The second kappa shape index (κ2) is 17.8. The molecule has 0 radical (unpaired) electrons. The molecule has 3 amide bonds. The van der Waals surface area contributed by atoms with E-state index in [-0.39, 0.29) is 36.4 Å². The number of carbonyl (C=O) groups excluding carboxylic acids is 3. The van der Waals surface area contributed by atoms with Crippen molar-refractivity contribution < 1.29 is 33.0 Å². The number of aromatic nitrogens is 1.